The van der Waals surface area contributed by atoms with E-state index in [1.807, 2.05) is 42.5 Å². The summed E-state index contributed by atoms with van der Waals surface area (Å²) in [5.74, 6) is 0.646. The van der Waals surface area contributed by atoms with Gasteiger partial charge in [0.1, 0.15) is 5.75 Å². The van der Waals surface area contributed by atoms with Crippen molar-refractivity contribution in [2.45, 2.75) is 25.3 Å². The standard InChI is InChI=1S/C22H21NO2/c24-22(23-21-11-5-9-17-7-3-4-10-20(17)21)15-25-19-13-12-16-6-1-2-8-18(16)14-19/h1-4,6-8,10,12-14,21H,5,9,11,15H2,(H,23,24). The van der Waals surface area contributed by atoms with Crippen molar-refractivity contribution in [1.29, 1.82) is 0 Å². The van der Waals surface area contributed by atoms with Gasteiger partial charge in [0.25, 0.3) is 5.91 Å². The van der Waals surface area contributed by atoms with Crippen LogP contribution in [0.1, 0.15) is 30.0 Å². The van der Waals surface area contributed by atoms with E-state index < -0.39 is 0 Å². The maximum Gasteiger partial charge on any atom is 0.258 e. The number of carbonyl (C=O) groups excluding carboxylic acids is 1. The molecule has 0 saturated carbocycles. The van der Waals surface area contributed by atoms with Crippen molar-refractivity contribution in [3.05, 3.63) is 77.9 Å². The highest BCUT2D eigenvalue weighted by Gasteiger charge is 2.21. The summed E-state index contributed by atoms with van der Waals surface area (Å²) in [5, 5.41) is 5.40. The summed E-state index contributed by atoms with van der Waals surface area (Å²) in [5.41, 5.74) is 2.59. The molecule has 0 fully saturated rings. The third-order valence-electron chi connectivity index (χ3n) is 4.80. The van der Waals surface area contributed by atoms with Crippen molar-refractivity contribution in [2.24, 2.45) is 0 Å². The van der Waals surface area contributed by atoms with Gasteiger partial charge in [0.15, 0.2) is 6.61 Å². The van der Waals surface area contributed by atoms with E-state index in [0.29, 0.717) is 0 Å². The van der Waals surface area contributed by atoms with Gasteiger partial charge in [-0.15, -0.1) is 0 Å². The maximum atomic E-state index is 12.3. The van der Waals surface area contributed by atoms with Crippen LogP contribution in [0.4, 0.5) is 0 Å². The van der Waals surface area contributed by atoms with E-state index in [2.05, 4.69) is 29.6 Å². The molecule has 0 radical (unpaired) electrons. The lowest BCUT2D eigenvalue weighted by atomic mass is 9.88. The normalized spacial score (nSPS) is 16.2. The summed E-state index contributed by atoms with van der Waals surface area (Å²) in [7, 11) is 0. The quantitative estimate of drug-likeness (QED) is 0.769. The SMILES string of the molecule is O=C(COc1ccc2ccccc2c1)NC1CCCc2ccccc21. The number of aryl methyl sites for hydroxylation is 1. The molecular weight excluding hydrogens is 310 g/mol. The van der Waals surface area contributed by atoms with Gasteiger partial charge in [0, 0.05) is 0 Å². The largest absolute Gasteiger partial charge is 0.484 e. The summed E-state index contributed by atoms with van der Waals surface area (Å²) in [6.45, 7) is 0.0387. The van der Waals surface area contributed by atoms with E-state index in [-0.39, 0.29) is 18.6 Å². The van der Waals surface area contributed by atoms with E-state index in [4.69, 9.17) is 4.74 Å². The molecule has 0 aliphatic heterocycles. The molecule has 3 aromatic rings. The van der Waals surface area contributed by atoms with Crippen LogP contribution in [-0.2, 0) is 11.2 Å². The Morgan fingerprint density at radius 3 is 2.72 bits per heavy atom. The molecule has 0 bridgehead atoms. The second kappa shape index (κ2) is 6.98. The van der Waals surface area contributed by atoms with Crippen molar-refractivity contribution in [1.82, 2.24) is 5.32 Å². The molecule has 3 nitrogen and oxygen atoms in total. The molecule has 3 heteroatoms. The average molecular weight is 331 g/mol. The Hall–Kier alpha value is -2.81. The summed E-state index contributed by atoms with van der Waals surface area (Å²) in [6.07, 6.45) is 3.18. The zero-order chi connectivity index (χ0) is 17.1. The van der Waals surface area contributed by atoms with E-state index in [0.717, 1.165) is 35.8 Å². The fourth-order valence-corrected chi connectivity index (χ4v) is 3.55. The highest BCUT2D eigenvalue weighted by Crippen LogP contribution is 2.29. The third kappa shape index (κ3) is 3.50. The van der Waals surface area contributed by atoms with Gasteiger partial charge in [-0.25, -0.2) is 0 Å². The van der Waals surface area contributed by atoms with Crippen LogP contribution < -0.4 is 10.1 Å². The summed E-state index contributed by atoms with van der Waals surface area (Å²) < 4.78 is 5.69. The Morgan fingerprint density at radius 2 is 1.80 bits per heavy atom. The molecule has 0 heterocycles. The summed E-state index contributed by atoms with van der Waals surface area (Å²) in [6, 6.07) is 22.5. The summed E-state index contributed by atoms with van der Waals surface area (Å²) >= 11 is 0. The molecule has 1 atom stereocenters. The number of benzene rings is 3. The van der Waals surface area contributed by atoms with Gasteiger partial charge in [-0.05, 0) is 53.3 Å². The van der Waals surface area contributed by atoms with Gasteiger partial charge in [-0.1, -0.05) is 54.6 Å². The van der Waals surface area contributed by atoms with Crippen LogP contribution in [0.15, 0.2) is 66.7 Å². The first-order chi connectivity index (χ1) is 12.3. The number of amides is 1. The lowest BCUT2D eigenvalue weighted by Crippen LogP contribution is -2.34. The zero-order valence-electron chi connectivity index (χ0n) is 14.1. The Kier molecular flexibility index (Phi) is 4.38. The van der Waals surface area contributed by atoms with Gasteiger partial charge in [-0.2, -0.15) is 0 Å². The number of rotatable bonds is 4. The van der Waals surface area contributed by atoms with E-state index in [1.165, 1.54) is 11.1 Å². The first-order valence-corrected chi connectivity index (χ1v) is 8.78. The molecule has 1 aliphatic rings. The molecule has 4 rings (SSSR count). The second-order valence-corrected chi connectivity index (χ2v) is 6.51. The third-order valence-corrected chi connectivity index (χ3v) is 4.80. The molecule has 0 aromatic heterocycles. The zero-order valence-corrected chi connectivity index (χ0v) is 14.1. The minimum absolute atomic E-state index is 0.0387. The minimum atomic E-state index is -0.0742. The average Bonchev–Trinajstić information content (AvgIpc) is 2.66. The number of ether oxygens (including phenoxy) is 1. The van der Waals surface area contributed by atoms with E-state index in [9.17, 15) is 4.79 Å². The second-order valence-electron chi connectivity index (χ2n) is 6.51. The topological polar surface area (TPSA) is 38.3 Å². The lowest BCUT2D eigenvalue weighted by molar-refractivity contribution is -0.123. The number of fused-ring (bicyclic) bond motifs is 2. The van der Waals surface area contributed by atoms with Crippen LogP contribution in [0.25, 0.3) is 10.8 Å². The van der Waals surface area contributed by atoms with Gasteiger partial charge in [0.2, 0.25) is 0 Å². The first kappa shape index (κ1) is 15.7. The number of hydrogen-bond acceptors (Lipinski definition) is 2. The molecule has 1 N–H and O–H groups in total. The van der Waals surface area contributed by atoms with Crippen molar-refractivity contribution in [3.8, 4) is 5.75 Å². The van der Waals surface area contributed by atoms with Crippen LogP contribution in [0, 0.1) is 0 Å². The van der Waals surface area contributed by atoms with Crippen LogP contribution in [0.5, 0.6) is 5.75 Å². The molecule has 0 saturated heterocycles. The number of carbonyl (C=O) groups is 1. The molecular formula is C22H21NO2. The Bertz CT molecular complexity index is 903. The fourth-order valence-electron chi connectivity index (χ4n) is 3.55. The van der Waals surface area contributed by atoms with Crippen molar-refractivity contribution in [2.75, 3.05) is 6.61 Å². The van der Waals surface area contributed by atoms with Crippen LogP contribution in [0.3, 0.4) is 0 Å². The smallest absolute Gasteiger partial charge is 0.258 e. The maximum absolute atomic E-state index is 12.3. The van der Waals surface area contributed by atoms with Crippen molar-refractivity contribution >= 4 is 16.7 Å². The van der Waals surface area contributed by atoms with Crippen LogP contribution in [-0.4, -0.2) is 12.5 Å². The molecule has 1 amide bonds. The van der Waals surface area contributed by atoms with Crippen LogP contribution in [0.2, 0.25) is 0 Å². The molecule has 25 heavy (non-hydrogen) atoms. The van der Waals surface area contributed by atoms with Gasteiger partial charge in [-0.3, -0.25) is 4.79 Å². The minimum Gasteiger partial charge on any atom is -0.484 e. The van der Waals surface area contributed by atoms with Gasteiger partial charge >= 0.3 is 0 Å². The highest BCUT2D eigenvalue weighted by atomic mass is 16.5. The summed E-state index contributed by atoms with van der Waals surface area (Å²) in [4.78, 5) is 12.3. The lowest BCUT2D eigenvalue weighted by Gasteiger charge is -2.26. The fraction of sp³-hybridized carbons (Fsp3) is 0.227. The van der Waals surface area contributed by atoms with Gasteiger partial charge < -0.3 is 10.1 Å². The molecule has 1 unspecified atom stereocenters. The Morgan fingerprint density at radius 1 is 1.00 bits per heavy atom. The molecule has 126 valence electrons. The molecule has 1 aliphatic carbocycles. The Labute approximate surface area is 147 Å². The number of nitrogens with one attached hydrogen (secondary N) is 1. The van der Waals surface area contributed by atoms with Crippen molar-refractivity contribution in [3.63, 3.8) is 0 Å². The molecule has 0 spiro atoms. The Balaban J connectivity index is 1.39. The molecule has 3 aromatic carbocycles. The van der Waals surface area contributed by atoms with E-state index >= 15 is 0 Å². The highest BCUT2D eigenvalue weighted by molar-refractivity contribution is 5.84. The van der Waals surface area contributed by atoms with Gasteiger partial charge in [0.05, 0.1) is 6.04 Å². The number of hydrogen-bond donors (Lipinski definition) is 1. The monoisotopic (exact) mass is 331 g/mol. The van der Waals surface area contributed by atoms with Crippen molar-refractivity contribution < 1.29 is 9.53 Å². The predicted octanol–water partition coefficient (Wildman–Crippen LogP) is 4.41. The van der Waals surface area contributed by atoms with Crippen LogP contribution >= 0.6 is 0 Å². The predicted molar refractivity (Wildman–Crippen MR) is 99.7 cm³/mol. The van der Waals surface area contributed by atoms with E-state index in [1.54, 1.807) is 0 Å². The first-order valence-electron chi connectivity index (χ1n) is 8.78.